The predicted molar refractivity (Wildman–Crippen MR) is 70.4 cm³/mol. The van der Waals surface area contributed by atoms with Crippen LogP contribution in [0.5, 0.6) is 0 Å². The van der Waals surface area contributed by atoms with Gasteiger partial charge in [-0.3, -0.25) is 10.1 Å². The Morgan fingerprint density at radius 2 is 2.17 bits per heavy atom. The lowest BCUT2D eigenvalue weighted by Gasteiger charge is -2.30. The highest BCUT2D eigenvalue weighted by molar-refractivity contribution is 6.30. The number of benzene rings is 1. The summed E-state index contributed by atoms with van der Waals surface area (Å²) in [4.78, 5) is 13.7. The van der Waals surface area contributed by atoms with Crippen LogP contribution in [-0.2, 0) is 9.53 Å². The quantitative estimate of drug-likeness (QED) is 0.906. The van der Waals surface area contributed by atoms with Crippen LogP contribution in [0.2, 0.25) is 5.02 Å². The first-order valence-corrected chi connectivity index (χ1v) is 6.30. The number of rotatable bonds is 4. The van der Waals surface area contributed by atoms with Crippen LogP contribution in [0.25, 0.3) is 0 Å². The van der Waals surface area contributed by atoms with E-state index in [1.54, 1.807) is 7.11 Å². The lowest BCUT2D eigenvalue weighted by Crippen LogP contribution is -2.40. The molecule has 1 N–H and O–H groups in total. The van der Waals surface area contributed by atoms with E-state index in [0.717, 1.165) is 5.56 Å². The summed E-state index contributed by atoms with van der Waals surface area (Å²) in [5.74, 6) is 0.0968. The second-order valence-electron chi connectivity index (χ2n) is 4.44. The van der Waals surface area contributed by atoms with Crippen LogP contribution >= 0.6 is 11.6 Å². The van der Waals surface area contributed by atoms with Crippen LogP contribution in [0.3, 0.4) is 0 Å². The molecule has 1 fully saturated rings. The molecule has 1 aromatic rings. The summed E-state index contributed by atoms with van der Waals surface area (Å²) in [5, 5.41) is 3.90. The maximum absolute atomic E-state index is 11.9. The van der Waals surface area contributed by atoms with Crippen molar-refractivity contribution in [3.8, 4) is 0 Å². The number of hydrogen-bond acceptors (Lipinski definition) is 3. The van der Waals surface area contributed by atoms with Gasteiger partial charge in [-0.1, -0.05) is 23.7 Å². The van der Waals surface area contributed by atoms with Crippen molar-refractivity contribution in [1.82, 2.24) is 10.2 Å². The van der Waals surface area contributed by atoms with E-state index in [1.807, 2.05) is 36.1 Å². The van der Waals surface area contributed by atoms with Gasteiger partial charge in [0.05, 0.1) is 19.2 Å². The molecule has 0 spiro atoms. The van der Waals surface area contributed by atoms with Crippen LogP contribution in [0.1, 0.15) is 18.7 Å². The van der Waals surface area contributed by atoms with Crippen LogP contribution in [0, 0.1) is 0 Å². The van der Waals surface area contributed by atoms with Gasteiger partial charge < -0.3 is 9.64 Å². The van der Waals surface area contributed by atoms with Crippen LogP contribution in [-0.4, -0.2) is 37.1 Å². The highest BCUT2D eigenvalue weighted by Gasteiger charge is 2.34. The summed E-state index contributed by atoms with van der Waals surface area (Å²) in [7, 11) is 1.64. The number of amides is 1. The van der Waals surface area contributed by atoms with Crippen LogP contribution in [0.4, 0.5) is 0 Å². The monoisotopic (exact) mass is 268 g/mol. The minimum Gasteiger partial charge on any atom is -0.383 e. The van der Waals surface area contributed by atoms with Crippen LogP contribution in [0.15, 0.2) is 24.3 Å². The first-order chi connectivity index (χ1) is 8.63. The molecule has 1 aliphatic heterocycles. The molecule has 98 valence electrons. The average Bonchev–Trinajstić information content (AvgIpc) is 2.72. The van der Waals surface area contributed by atoms with Crippen molar-refractivity contribution in [3.63, 3.8) is 0 Å². The van der Waals surface area contributed by atoms with Crippen LogP contribution < -0.4 is 5.32 Å². The Kier molecular flexibility index (Phi) is 4.22. The van der Waals surface area contributed by atoms with E-state index >= 15 is 0 Å². The Hall–Kier alpha value is -1.10. The molecule has 2 rings (SSSR count). The number of hydrogen-bond donors (Lipinski definition) is 1. The molecule has 4 nitrogen and oxygen atoms in total. The van der Waals surface area contributed by atoms with Crippen molar-refractivity contribution < 1.29 is 9.53 Å². The van der Waals surface area contributed by atoms with E-state index in [4.69, 9.17) is 16.3 Å². The summed E-state index contributed by atoms with van der Waals surface area (Å²) >= 11 is 5.87. The Morgan fingerprint density at radius 3 is 2.78 bits per heavy atom. The number of carbonyl (C=O) groups is 1. The third-order valence-electron chi connectivity index (χ3n) is 3.08. The molecule has 0 bridgehead atoms. The van der Waals surface area contributed by atoms with Gasteiger partial charge >= 0.3 is 0 Å². The van der Waals surface area contributed by atoms with Crippen molar-refractivity contribution >= 4 is 17.5 Å². The Bertz CT molecular complexity index is 422. The fraction of sp³-hybridized carbons (Fsp3) is 0.462. The molecular formula is C13H17ClN2O2. The van der Waals surface area contributed by atoms with E-state index in [-0.39, 0.29) is 18.1 Å². The number of ether oxygens (including phenoxy) is 1. The zero-order valence-corrected chi connectivity index (χ0v) is 11.3. The molecule has 1 heterocycles. The normalized spacial score (nSPS) is 21.4. The van der Waals surface area contributed by atoms with Gasteiger partial charge in [-0.15, -0.1) is 0 Å². The van der Waals surface area contributed by atoms with Crippen molar-refractivity contribution in [2.24, 2.45) is 0 Å². The number of carbonyl (C=O) groups excluding carboxylic acids is 1. The van der Waals surface area contributed by atoms with Crippen molar-refractivity contribution in [2.45, 2.75) is 19.1 Å². The van der Waals surface area contributed by atoms with Crippen molar-refractivity contribution in [1.29, 1.82) is 0 Å². The number of nitrogens with zero attached hydrogens (tertiary/aromatic N) is 1. The van der Waals surface area contributed by atoms with Gasteiger partial charge in [-0.05, 0) is 24.6 Å². The highest BCUT2D eigenvalue weighted by Crippen LogP contribution is 2.25. The van der Waals surface area contributed by atoms with E-state index in [1.165, 1.54) is 0 Å². The van der Waals surface area contributed by atoms with Gasteiger partial charge in [0, 0.05) is 12.1 Å². The molecule has 5 heteroatoms. The van der Waals surface area contributed by atoms with Crippen molar-refractivity contribution in [2.75, 3.05) is 20.3 Å². The molecular weight excluding hydrogens is 252 g/mol. The zero-order valence-electron chi connectivity index (χ0n) is 10.5. The fourth-order valence-electron chi connectivity index (χ4n) is 2.26. The fourth-order valence-corrected chi connectivity index (χ4v) is 2.39. The smallest absolute Gasteiger partial charge is 0.238 e. The zero-order chi connectivity index (χ0) is 13.1. The van der Waals surface area contributed by atoms with E-state index in [9.17, 15) is 4.79 Å². The van der Waals surface area contributed by atoms with Crippen molar-refractivity contribution in [3.05, 3.63) is 34.9 Å². The average molecular weight is 269 g/mol. The molecule has 0 saturated carbocycles. The first kappa shape index (κ1) is 13.3. The molecule has 2 atom stereocenters. The lowest BCUT2D eigenvalue weighted by atomic mass is 10.1. The molecule has 1 aromatic carbocycles. The Morgan fingerprint density at radius 1 is 1.50 bits per heavy atom. The minimum absolute atomic E-state index is 0.0400. The minimum atomic E-state index is -0.0973. The summed E-state index contributed by atoms with van der Waals surface area (Å²) < 4.78 is 5.12. The summed E-state index contributed by atoms with van der Waals surface area (Å²) in [6.45, 7) is 2.87. The predicted octanol–water partition coefficient (Wildman–Crippen LogP) is 1.81. The maximum atomic E-state index is 11.9. The van der Waals surface area contributed by atoms with E-state index in [2.05, 4.69) is 5.32 Å². The Balaban J connectivity index is 2.20. The number of methoxy groups -OCH3 is 1. The molecule has 0 radical (unpaired) electrons. The summed E-state index contributed by atoms with van der Waals surface area (Å²) in [6, 6.07) is 7.58. The molecule has 1 aliphatic rings. The second-order valence-corrected chi connectivity index (χ2v) is 4.88. The largest absolute Gasteiger partial charge is 0.383 e. The van der Waals surface area contributed by atoms with Gasteiger partial charge in [0.2, 0.25) is 5.91 Å². The molecule has 0 aliphatic carbocycles. The van der Waals surface area contributed by atoms with Gasteiger partial charge in [-0.25, -0.2) is 0 Å². The lowest BCUT2D eigenvalue weighted by molar-refractivity contribution is -0.131. The van der Waals surface area contributed by atoms with Gasteiger partial charge in [0.25, 0.3) is 0 Å². The molecule has 18 heavy (non-hydrogen) atoms. The van der Waals surface area contributed by atoms with Gasteiger partial charge in [0.1, 0.15) is 6.17 Å². The molecule has 1 amide bonds. The molecule has 1 saturated heterocycles. The van der Waals surface area contributed by atoms with Gasteiger partial charge in [-0.2, -0.15) is 0 Å². The van der Waals surface area contributed by atoms with Gasteiger partial charge in [0.15, 0.2) is 0 Å². The third-order valence-corrected chi connectivity index (χ3v) is 3.33. The summed E-state index contributed by atoms with van der Waals surface area (Å²) in [6.07, 6.45) is -0.0973. The molecule has 0 aromatic heterocycles. The second kappa shape index (κ2) is 5.69. The highest BCUT2D eigenvalue weighted by atomic mass is 35.5. The molecule has 2 unspecified atom stereocenters. The third kappa shape index (κ3) is 2.66. The SMILES string of the molecule is COCC(C)N1C(=O)CNC1c1ccc(Cl)cc1. The Labute approximate surface area is 112 Å². The standard InChI is InChI=1S/C13H17ClN2O2/c1-9(8-18-2)16-12(17)7-15-13(16)10-3-5-11(14)6-4-10/h3-6,9,13,15H,7-8H2,1-2H3. The topological polar surface area (TPSA) is 41.6 Å². The number of nitrogens with one attached hydrogen (secondary N) is 1. The van der Waals surface area contributed by atoms with E-state index in [0.29, 0.717) is 18.2 Å². The first-order valence-electron chi connectivity index (χ1n) is 5.92. The number of halogens is 1. The maximum Gasteiger partial charge on any atom is 0.238 e. The van der Waals surface area contributed by atoms with E-state index < -0.39 is 0 Å². The summed E-state index contributed by atoms with van der Waals surface area (Å²) in [5.41, 5.74) is 1.04.